The third-order valence-electron chi connectivity index (χ3n) is 3.71. The van der Waals surface area contributed by atoms with E-state index in [1.165, 1.54) is 6.07 Å². The van der Waals surface area contributed by atoms with Crippen LogP contribution >= 0.6 is 24.0 Å². The van der Waals surface area contributed by atoms with Crippen LogP contribution < -0.4 is 10.6 Å². The maximum atomic E-state index is 13.5. The summed E-state index contributed by atoms with van der Waals surface area (Å²) >= 11 is 7.18. The van der Waals surface area contributed by atoms with Gasteiger partial charge in [0.15, 0.2) is 5.11 Å². The Hall–Kier alpha value is -1.59. The van der Waals surface area contributed by atoms with Crippen molar-refractivity contribution in [1.29, 1.82) is 0 Å². The van der Waals surface area contributed by atoms with Crippen molar-refractivity contribution >= 4 is 34.8 Å². The monoisotopic (exact) mass is 332 g/mol. The van der Waals surface area contributed by atoms with Crippen LogP contribution in [0.3, 0.4) is 0 Å². The van der Waals surface area contributed by atoms with E-state index in [4.69, 9.17) is 12.2 Å². The van der Waals surface area contributed by atoms with Gasteiger partial charge in [0.2, 0.25) is 0 Å². The number of fused-ring (bicyclic) bond motifs is 1. The van der Waals surface area contributed by atoms with Crippen molar-refractivity contribution in [3.05, 3.63) is 59.4 Å². The Morgan fingerprint density at radius 1 is 1.27 bits per heavy atom. The molecule has 0 bridgehead atoms. The fraction of sp³-hybridized carbons (Fsp3) is 0.235. The molecule has 3 rings (SSSR count). The molecule has 2 aromatic carbocycles. The topological polar surface area (TPSA) is 24.1 Å². The minimum absolute atomic E-state index is 0.0518. The zero-order valence-corrected chi connectivity index (χ0v) is 13.9. The molecular weight excluding hydrogens is 315 g/mol. The number of hydrogen-bond acceptors (Lipinski definition) is 2. The van der Waals surface area contributed by atoms with Crippen LogP contribution in [0, 0.1) is 12.7 Å². The summed E-state index contributed by atoms with van der Waals surface area (Å²) in [6.07, 6.45) is 0.927. The third kappa shape index (κ3) is 3.42. The molecule has 22 heavy (non-hydrogen) atoms. The summed E-state index contributed by atoms with van der Waals surface area (Å²) in [5.41, 5.74) is 3.12. The van der Waals surface area contributed by atoms with Gasteiger partial charge in [-0.2, -0.15) is 0 Å². The van der Waals surface area contributed by atoms with Crippen molar-refractivity contribution in [2.24, 2.45) is 0 Å². The molecule has 0 unspecified atom stereocenters. The van der Waals surface area contributed by atoms with Crippen LogP contribution in [0.5, 0.6) is 0 Å². The highest BCUT2D eigenvalue weighted by atomic mass is 32.2. The maximum Gasteiger partial charge on any atom is 0.171 e. The third-order valence-corrected chi connectivity index (χ3v) is 5.05. The van der Waals surface area contributed by atoms with Gasteiger partial charge in [0, 0.05) is 16.3 Å². The van der Waals surface area contributed by atoms with E-state index >= 15 is 0 Å². The van der Waals surface area contributed by atoms with Gasteiger partial charge in [-0.1, -0.05) is 18.2 Å². The predicted octanol–water partition coefficient (Wildman–Crippen LogP) is 4.66. The number of rotatable bonds is 2. The van der Waals surface area contributed by atoms with E-state index in [9.17, 15) is 4.39 Å². The van der Waals surface area contributed by atoms with Crippen molar-refractivity contribution < 1.29 is 4.39 Å². The molecule has 2 aromatic rings. The largest absolute Gasteiger partial charge is 0.356 e. The zero-order valence-electron chi connectivity index (χ0n) is 12.2. The quantitative estimate of drug-likeness (QED) is 0.781. The van der Waals surface area contributed by atoms with E-state index in [-0.39, 0.29) is 11.9 Å². The van der Waals surface area contributed by atoms with E-state index in [0.29, 0.717) is 5.11 Å². The minimum Gasteiger partial charge on any atom is -0.356 e. The lowest BCUT2D eigenvalue weighted by Gasteiger charge is -2.27. The van der Waals surface area contributed by atoms with Crippen molar-refractivity contribution in [2.45, 2.75) is 24.3 Å². The van der Waals surface area contributed by atoms with Crippen LogP contribution in [0.2, 0.25) is 0 Å². The second kappa shape index (κ2) is 6.67. The summed E-state index contributed by atoms with van der Waals surface area (Å²) in [6.45, 7) is 2.03. The van der Waals surface area contributed by atoms with Crippen LogP contribution in [-0.2, 0) is 0 Å². The van der Waals surface area contributed by atoms with E-state index in [2.05, 4.69) is 10.6 Å². The number of thioether (sulfide) groups is 1. The highest BCUT2D eigenvalue weighted by Gasteiger charge is 2.22. The van der Waals surface area contributed by atoms with Gasteiger partial charge in [0.25, 0.3) is 0 Å². The van der Waals surface area contributed by atoms with Crippen LogP contribution in [-0.4, -0.2) is 10.9 Å². The molecule has 1 atom stereocenters. The molecular formula is C17H17FN2S2. The highest BCUT2D eigenvalue weighted by Crippen LogP contribution is 2.36. The lowest BCUT2D eigenvalue weighted by atomic mass is 10.0. The van der Waals surface area contributed by atoms with Crippen molar-refractivity contribution in [2.75, 3.05) is 11.1 Å². The number of nitrogens with one attached hydrogen (secondary N) is 2. The molecule has 1 aliphatic heterocycles. The number of halogens is 1. The molecule has 0 saturated heterocycles. The first-order chi connectivity index (χ1) is 10.6. The normalized spacial score (nSPS) is 16.7. The number of anilines is 1. The van der Waals surface area contributed by atoms with Gasteiger partial charge in [-0.3, -0.25) is 0 Å². The molecule has 0 radical (unpaired) electrons. The molecule has 2 nitrogen and oxygen atoms in total. The number of thiocarbonyl (C=S) groups is 1. The van der Waals surface area contributed by atoms with Crippen LogP contribution in [0.15, 0.2) is 47.4 Å². The number of hydrogen-bond donors (Lipinski definition) is 2. The number of para-hydroxylation sites is 1. The average Bonchev–Trinajstić information content (AvgIpc) is 2.50. The van der Waals surface area contributed by atoms with Gasteiger partial charge in [0.05, 0.1) is 6.04 Å². The first kappa shape index (κ1) is 15.3. The van der Waals surface area contributed by atoms with E-state index in [1.54, 1.807) is 17.8 Å². The molecule has 5 heteroatoms. The van der Waals surface area contributed by atoms with Crippen LogP contribution in [0.25, 0.3) is 0 Å². The predicted molar refractivity (Wildman–Crippen MR) is 95.0 cm³/mol. The number of aryl methyl sites for hydroxylation is 1. The maximum absolute atomic E-state index is 13.5. The Balaban J connectivity index is 1.73. The molecule has 2 N–H and O–H groups in total. The standard InChI is InChI=1S/C17H17FN2S2/c1-11-4-2-3-5-14(11)19-17(21)20-15-8-9-22-16-7-6-12(18)10-13(15)16/h2-7,10,15H,8-9H2,1H3,(H2,19,20,21)/t15-/m0/s1. The second-order valence-corrected chi connectivity index (χ2v) is 6.83. The Morgan fingerprint density at radius 3 is 2.91 bits per heavy atom. The molecule has 114 valence electrons. The lowest BCUT2D eigenvalue weighted by Crippen LogP contribution is -2.34. The van der Waals surface area contributed by atoms with Gasteiger partial charge in [-0.25, -0.2) is 4.39 Å². The van der Waals surface area contributed by atoms with Gasteiger partial charge in [0.1, 0.15) is 5.82 Å². The summed E-state index contributed by atoms with van der Waals surface area (Å²) < 4.78 is 13.5. The molecule has 1 aliphatic rings. The van der Waals surface area contributed by atoms with Crippen molar-refractivity contribution in [3.63, 3.8) is 0 Å². The highest BCUT2D eigenvalue weighted by molar-refractivity contribution is 7.99. The second-order valence-electron chi connectivity index (χ2n) is 5.29. The van der Waals surface area contributed by atoms with Crippen molar-refractivity contribution in [1.82, 2.24) is 5.32 Å². The van der Waals surface area contributed by atoms with Crippen molar-refractivity contribution in [3.8, 4) is 0 Å². The summed E-state index contributed by atoms with van der Waals surface area (Å²) in [6, 6.07) is 13.0. The molecule has 0 spiro atoms. The first-order valence-corrected chi connectivity index (χ1v) is 8.58. The number of benzene rings is 2. The average molecular weight is 332 g/mol. The smallest absolute Gasteiger partial charge is 0.171 e. The molecule has 0 aliphatic carbocycles. The van der Waals surface area contributed by atoms with Gasteiger partial charge in [-0.05, 0) is 61.0 Å². The zero-order chi connectivity index (χ0) is 15.5. The van der Waals surface area contributed by atoms with Crippen LogP contribution in [0.1, 0.15) is 23.6 Å². The lowest BCUT2D eigenvalue weighted by molar-refractivity contribution is 0.587. The van der Waals surface area contributed by atoms with Gasteiger partial charge < -0.3 is 10.6 Å². The first-order valence-electron chi connectivity index (χ1n) is 7.19. The summed E-state index contributed by atoms with van der Waals surface area (Å²) in [5, 5.41) is 7.11. The molecule has 0 fully saturated rings. The molecule has 0 aromatic heterocycles. The Kier molecular flexibility index (Phi) is 4.64. The fourth-order valence-corrected chi connectivity index (χ4v) is 3.90. The van der Waals surface area contributed by atoms with E-state index < -0.39 is 0 Å². The Labute approximate surface area is 139 Å². The fourth-order valence-electron chi connectivity index (χ4n) is 2.55. The summed E-state index contributed by atoms with van der Waals surface area (Å²) in [7, 11) is 0. The molecule has 0 amide bonds. The van der Waals surface area contributed by atoms with E-state index in [0.717, 1.165) is 33.9 Å². The van der Waals surface area contributed by atoms with E-state index in [1.807, 2.05) is 37.3 Å². The molecule has 1 heterocycles. The van der Waals surface area contributed by atoms with Gasteiger partial charge >= 0.3 is 0 Å². The summed E-state index contributed by atoms with van der Waals surface area (Å²) in [4.78, 5) is 1.13. The SMILES string of the molecule is Cc1ccccc1NC(=S)N[C@H]1CCSc2ccc(F)cc21. The minimum atomic E-state index is -0.203. The van der Waals surface area contributed by atoms with Crippen LogP contribution in [0.4, 0.5) is 10.1 Å². The summed E-state index contributed by atoms with van der Waals surface area (Å²) in [5.74, 6) is 0.800. The Morgan fingerprint density at radius 2 is 2.09 bits per heavy atom. The van der Waals surface area contributed by atoms with Gasteiger partial charge in [-0.15, -0.1) is 11.8 Å². The molecule has 0 saturated carbocycles. The Bertz CT molecular complexity index is 703.